The Hall–Kier alpha value is -2.02. The maximum atomic E-state index is 17.3. The third kappa shape index (κ3) is 2.47. The van der Waals surface area contributed by atoms with E-state index in [2.05, 4.69) is 0 Å². The molecule has 5 nitrogen and oxygen atoms in total. The van der Waals surface area contributed by atoms with Crippen LogP contribution >= 0.6 is 0 Å². The van der Waals surface area contributed by atoms with Gasteiger partial charge in [-0.2, -0.15) is 0 Å². The zero-order chi connectivity index (χ0) is 24.1. The van der Waals surface area contributed by atoms with E-state index in [9.17, 15) is 15.0 Å². The van der Waals surface area contributed by atoms with Crippen molar-refractivity contribution in [1.82, 2.24) is 0 Å². The van der Waals surface area contributed by atoms with Crippen LogP contribution in [0.1, 0.15) is 46.5 Å². The fourth-order valence-electron chi connectivity index (χ4n) is 8.46. The molecule has 1 heterocycles. The monoisotopic (exact) mass is 468 g/mol. The molecule has 1 saturated heterocycles. The average molecular weight is 469 g/mol. The van der Waals surface area contributed by atoms with E-state index >= 15 is 4.39 Å². The lowest BCUT2D eigenvalue weighted by Gasteiger charge is -2.63. The Morgan fingerprint density at radius 3 is 2.56 bits per heavy atom. The molecular weight excluding hydrogens is 435 g/mol. The number of rotatable bonds is 3. The van der Waals surface area contributed by atoms with E-state index in [1.165, 1.54) is 6.08 Å². The highest BCUT2D eigenvalue weighted by molar-refractivity contribution is 6.01. The maximum absolute atomic E-state index is 17.3. The number of ketones is 1. The summed E-state index contributed by atoms with van der Waals surface area (Å²) < 4.78 is 29.5. The molecule has 1 aromatic rings. The zero-order valence-corrected chi connectivity index (χ0v) is 20.0. The number of alkyl halides is 1. The van der Waals surface area contributed by atoms with Crippen LogP contribution in [0.15, 0.2) is 54.1 Å². The third-order valence-corrected chi connectivity index (χ3v) is 10.2. The summed E-state index contributed by atoms with van der Waals surface area (Å²) in [7, 11) is 0. The second kappa shape index (κ2) is 6.80. The van der Waals surface area contributed by atoms with Gasteiger partial charge in [-0.3, -0.25) is 4.79 Å². The number of para-hydroxylation sites is 1. The van der Waals surface area contributed by atoms with Crippen molar-refractivity contribution in [2.24, 2.45) is 28.6 Å². The molecule has 0 amide bonds. The summed E-state index contributed by atoms with van der Waals surface area (Å²) in [5, 5.41) is 24.0. The Balaban J connectivity index is 1.41. The molecule has 1 aromatic carbocycles. The number of carbonyl (C=O) groups is 1. The number of hydrogen-bond donors (Lipinski definition) is 2. The van der Waals surface area contributed by atoms with Gasteiger partial charge in [0.05, 0.1) is 6.10 Å². The quantitative estimate of drug-likeness (QED) is 0.652. The van der Waals surface area contributed by atoms with Crippen molar-refractivity contribution in [2.45, 2.75) is 69.6 Å². The molecule has 0 aromatic heterocycles. The first-order chi connectivity index (χ1) is 16.0. The number of benzene rings is 1. The van der Waals surface area contributed by atoms with Crippen molar-refractivity contribution in [3.8, 4) is 5.75 Å². The number of halogens is 1. The number of fused-ring (bicyclic) bond motifs is 5. The highest BCUT2D eigenvalue weighted by Crippen LogP contribution is 2.73. The highest BCUT2D eigenvalue weighted by atomic mass is 19.1. The van der Waals surface area contributed by atoms with E-state index in [0.717, 1.165) is 5.57 Å². The van der Waals surface area contributed by atoms with Crippen LogP contribution in [0.2, 0.25) is 0 Å². The van der Waals surface area contributed by atoms with Gasteiger partial charge in [0, 0.05) is 16.7 Å². The summed E-state index contributed by atoms with van der Waals surface area (Å²) in [6.45, 7) is 6.04. The summed E-state index contributed by atoms with van der Waals surface area (Å²) >= 11 is 0. The molecule has 6 heteroatoms. The number of carbonyl (C=O) groups excluding carboxylic acids is 1. The number of hydrogen-bond acceptors (Lipinski definition) is 5. The second-order valence-corrected chi connectivity index (χ2v) is 11.6. The average Bonchev–Trinajstić information content (AvgIpc) is 3.55. The number of aliphatic hydroxyl groups excluding tert-OH is 1. The van der Waals surface area contributed by atoms with E-state index in [4.69, 9.17) is 9.47 Å². The van der Waals surface area contributed by atoms with Crippen molar-refractivity contribution < 1.29 is 28.9 Å². The van der Waals surface area contributed by atoms with E-state index in [-0.39, 0.29) is 30.6 Å². The van der Waals surface area contributed by atoms with Gasteiger partial charge in [-0.25, -0.2) is 4.39 Å². The predicted octanol–water partition coefficient (Wildman–Crippen LogP) is 4.14. The van der Waals surface area contributed by atoms with Gasteiger partial charge in [-0.05, 0) is 68.7 Å². The van der Waals surface area contributed by atoms with Crippen LogP contribution in [0.5, 0.6) is 5.75 Å². The standard InChI is InChI=1S/C28H33FO5/c1-17-13-22-21-10-9-18-14-19(30)11-12-24(18,2)27(21,29)23(31)15-25(22,3)28(17,32)26(16-33-26)34-20-7-5-4-6-8-20/h4-8,11-12,14,17,21-23,31-32H,9-10,13,15-16H2,1-3H3/t17-,21+,22+,23+,24+,25+,26-,27+,28-/m1/s1. The number of epoxide rings is 1. The van der Waals surface area contributed by atoms with Crippen LogP contribution in [-0.2, 0) is 9.53 Å². The lowest BCUT2D eigenvalue weighted by molar-refractivity contribution is -0.256. The van der Waals surface area contributed by atoms with Gasteiger partial charge in [-0.15, -0.1) is 0 Å². The van der Waals surface area contributed by atoms with Gasteiger partial charge >= 0.3 is 0 Å². The van der Waals surface area contributed by atoms with E-state index < -0.39 is 39.9 Å². The zero-order valence-electron chi connectivity index (χ0n) is 20.0. The SMILES string of the molecule is C[C@@H]1C[C@H]2[C@@H]3CCC4=CC(=O)C=C[C@]4(C)[C@@]3(F)[C@@H](O)C[C@]2(C)[C@@]1(O)[C@]1(Oc2ccccc2)CO1. The molecule has 4 aliphatic carbocycles. The number of allylic oxidation sites excluding steroid dienone is 4. The van der Waals surface area contributed by atoms with Gasteiger partial charge in [0.25, 0.3) is 5.79 Å². The third-order valence-electron chi connectivity index (χ3n) is 10.2. The van der Waals surface area contributed by atoms with Gasteiger partial charge in [-0.1, -0.05) is 43.7 Å². The van der Waals surface area contributed by atoms with E-state index in [1.54, 1.807) is 12.2 Å². The summed E-state index contributed by atoms with van der Waals surface area (Å²) in [6, 6.07) is 9.31. The van der Waals surface area contributed by atoms with Crippen LogP contribution < -0.4 is 4.74 Å². The fourth-order valence-corrected chi connectivity index (χ4v) is 8.46. The normalized spacial score (nSPS) is 51.2. The first kappa shape index (κ1) is 22.4. The number of ether oxygens (including phenoxy) is 2. The Bertz CT molecular complexity index is 1100. The lowest BCUT2D eigenvalue weighted by atomic mass is 9.44. The van der Waals surface area contributed by atoms with Crippen molar-refractivity contribution in [3.63, 3.8) is 0 Å². The summed E-state index contributed by atoms with van der Waals surface area (Å²) in [5.41, 5.74) is -4.39. The molecular formula is C28H33FO5. The summed E-state index contributed by atoms with van der Waals surface area (Å²) in [6.07, 6.45) is 5.21. The molecule has 6 rings (SSSR count). The molecule has 0 radical (unpaired) electrons. The van der Waals surface area contributed by atoms with Gasteiger partial charge in [0.1, 0.15) is 18.0 Å². The topological polar surface area (TPSA) is 79.3 Å². The molecule has 0 bridgehead atoms. The molecule has 2 N–H and O–H groups in total. The minimum Gasteiger partial charge on any atom is -0.457 e. The van der Waals surface area contributed by atoms with Crippen molar-refractivity contribution in [1.29, 1.82) is 0 Å². The summed E-state index contributed by atoms with van der Waals surface area (Å²) in [4.78, 5) is 12.0. The molecule has 5 aliphatic rings. The molecule has 0 unspecified atom stereocenters. The summed E-state index contributed by atoms with van der Waals surface area (Å²) in [5.74, 6) is -1.55. The molecule has 1 aliphatic heterocycles. The smallest absolute Gasteiger partial charge is 0.264 e. The molecule has 4 fully saturated rings. The van der Waals surface area contributed by atoms with Crippen LogP contribution in [-0.4, -0.2) is 45.8 Å². The van der Waals surface area contributed by atoms with Crippen molar-refractivity contribution in [3.05, 3.63) is 54.1 Å². The first-order valence-corrected chi connectivity index (χ1v) is 12.4. The van der Waals surface area contributed by atoms with Gasteiger partial charge < -0.3 is 19.7 Å². The van der Waals surface area contributed by atoms with Gasteiger partial charge in [0.15, 0.2) is 11.5 Å². The van der Waals surface area contributed by atoms with Crippen LogP contribution in [0.25, 0.3) is 0 Å². The Labute approximate surface area is 199 Å². The first-order valence-electron chi connectivity index (χ1n) is 12.4. The maximum Gasteiger partial charge on any atom is 0.264 e. The molecule has 3 saturated carbocycles. The van der Waals surface area contributed by atoms with Crippen LogP contribution in [0.3, 0.4) is 0 Å². The fraction of sp³-hybridized carbons (Fsp3) is 0.607. The van der Waals surface area contributed by atoms with Crippen molar-refractivity contribution in [2.75, 3.05) is 6.61 Å². The Kier molecular flexibility index (Phi) is 4.49. The predicted molar refractivity (Wildman–Crippen MR) is 124 cm³/mol. The van der Waals surface area contributed by atoms with E-state index in [1.807, 2.05) is 51.1 Å². The second-order valence-electron chi connectivity index (χ2n) is 11.6. The van der Waals surface area contributed by atoms with Gasteiger partial charge in [0.2, 0.25) is 0 Å². The van der Waals surface area contributed by atoms with Crippen molar-refractivity contribution >= 4 is 5.78 Å². The molecule has 182 valence electrons. The lowest BCUT2D eigenvalue weighted by Crippen LogP contribution is -2.70. The molecule has 9 atom stereocenters. The number of aliphatic hydroxyl groups is 2. The Morgan fingerprint density at radius 2 is 1.88 bits per heavy atom. The molecule has 34 heavy (non-hydrogen) atoms. The Morgan fingerprint density at radius 1 is 1.18 bits per heavy atom. The van der Waals surface area contributed by atoms with Crippen LogP contribution in [0, 0.1) is 28.6 Å². The molecule has 0 spiro atoms. The largest absolute Gasteiger partial charge is 0.457 e. The highest BCUT2D eigenvalue weighted by Gasteiger charge is 2.81. The van der Waals surface area contributed by atoms with E-state index in [0.29, 0.717) is 25.0 Å². The minimum absolute atomic E-state index is 0.0966. The van der Waals surface area contributed by atoms with Crippen LogP contribution in [0.4, 0.5) is 4.39 Å². The minimum atomic E-state index is -1.92.